The topological polar surface area (TPSA) is 64.3 Å². The Morgan fingerprint density at radius 1 is 1.32 bits per heavy atom. The summed E-state index contributed by atoms with van der Waals surface area (Å²) in [4.78, 5) is 14.7. The van der Waals surface area contributed by atoms with Gasteiger partial charge in [-0.2, -0.15) is 0 Å². The lowest BCUT2D eigenvalue weighted by Gasteiger charge is -2.34. The van der Waals surface area contributed by atoms with E-state index in [2.05, 4.69) is 14.4 Å². The van der Waals surface area contributed by atoms with Crippen LogP contribution in [-0.4, -0.2) is 39.8 Å². The molecule has 146 valence electrons. The van der Waals surface area contributed by atoms with Gasteiger partial charge in [-0.1, -0.05) is 12.1 Å². The molecule has 28 heavy (non-hydrogen) atoms. The number of nitrogens with two attached hydrogens (primary N) is 1. The van der Waals surface area contributed by atoms with Gasteiger partial charge in [0.25, 0.3) is 0 Å². The van der Waals surface area contributed by atoms with Crippen molar-refractivity contribution in [3.05, 3.63) is 59.2 Å². The zero-order chi connectivity index (χ0) is 19.0. The fraction of sp³-hybridized carbons (Fsp3) is 0.350. The molecule has 1 aliphatic heterocycles. The third kappa shape index (κ3) is 3.79. The second-order valence-corrected chi connectivity index (χ2v) is 7.01. The van der Waals surface area contributed by atoms with Crippen molar-refractivity contribution in [1.82, 2.24) is 14.5 Å². The summed E-state index contributed by atoms with van der Waals surface area (Å²) in [7, 11) is 0. The van der Waals surface area contributed by atoms with Gasteiger partial charge in [-0.3, -0.25) is 4.98 Å². The Labute approximate surface area is 169 Å². The summed E-state index contributed by atoms with van der Waals surface area (Å²) >= 11 is 0. The molecule has 3 aromatic rings. The Balaban J connectivity index is 0.00000225. The second kappa shape index (κ2) is 8.13. The molecule has 0 radical (unpaired) electrons. The zero-order valence-corrected chi connectivity index (χ0v) is 16.4. The van der Waals surface area contributed by atoms with Crippen molar-refractivity contribution in [1.29, 1.82) is 0 Å². The van der Waals surface area contributed by atoms with Gasteiger partial charge in [-0.05, 0) is 37.1 Å². The lowest BCUT2D eigenvalue weighted by Crippen LogP contribution is -2.50. The van der Waals surface area contributed by atoms with Crippen LogP contribution in [0.25, 0.3) is 15.9 Å². The first-order valence-corrected chi connectivity index (χ1v) is 8.99. The number of nitrogens with zero attached hydrogens (tertiary/aromatic N) is 5. The SMILES string of the molecule is Cl.[C-]#[N+]c1ccc2c(c1)nc(N1CC[C@@H](F)C(N)C1)n2Cc1ccc(C)nc1. The molecule has 0 aliphatic carbocycles. The van der Waals surface area contributed by atoms with Crippen LogP contribution in [-0.2, 0) is 6.54 Å². The molecule has 0 saturated carbocycles. The van der Waals surface area contributed by atoms with E-state index >= 15 is 0 Å². The smallest absolute Gasteiger partial charge is 0.206 e. The van der Waals surface area contributed by atoms with Crippen LogP contribution in [0.1, 0.15) is 17.7 Å². The molecular weight excluding hydrogens is 379 g/mol. The number of rotatable bonds is 3. The summed E-state index contributed by atoms with van der Waals surface area (Å²) in [6.45, 7) is 10.8. The average Bonchev–Trinajstić information content (AvgIpc) is 3.03. The molecule has 2 N–H and O–H groups in total. The van der Waals surface area contributed by atoms with E-state index in [9.17, 15) is 4.39 Å². The molecule has 2 atom stereocenters. The molecule has 0 spiro atoms. The maximum atomic E-state index is 13.8. The molecule has 1 unspecified atom stereocenters. The minimum absolute atomic E-state index is 0. The maximum Gasteiger partial charge on any atom is 0.206 e. The van der Waals surface area contributed by atoms with E-state index in [-0.39, 0.29) is 12.4 Å². The van der Waals surface area contributed by atoms with Crippen LogP contribution in [0.3, 0.4) is 0 Å². The van der Waals surface area contributed by atoms with E-state index in [0.717, 1.165) is 28.2 Å². The van der Waals surface area contributed by atoms with Crippen LogP contribution in [0.4, 0.5) is 16.0 Å². The standard InChI is InChI=1S/C20H21FN6.ClH/c1-13-3-4-14(10-24-13)11-27-19-6-5-15(23-2)9-18(19)25-20(27)26-8-7-16(21)17(22)12-26;/h3-6,9-10,16-17H,7-8,11-12,22H2,1H3;1H/t16-,17?;/m1./s1. The number of alkyl halides is 1. The molecule has 8 heteroatoms. The predicted octanol–water partition coefficient (Wildman–Crippen LogP) is 3.64. The van der Waals surface area contributed by atoms with Crippen molar-refractivity contribution in [3.8, 4) is 0 Å². The molecule has 1 aromatic carbocycles. The van der Waals surface area contributed by atoms with Crippen LogP contribution in [0, 0.1) is 13.5 Å². The van der Waals surface area contributed by atoms with Crippen LogP contribution in [0.15, 0.2) is 36.5 Å². The van der Waals surface area contributed by atoms with Gasteiger partial charge in [0.05, 0.1) is 30.2 Å². The fourth-order valence-corrected chi connectivity index (χ4v) is 3.48. The fourth-order valence-electron chi connectivity index (χ4n) is 3.48. The average molecular weight is 401 g/mol. The maximum absolute atomic E-state index is 13.8. The monoisotopic (exact) mass is 400 g/mol. The Hall–Kier alpha value is -2.69. The summed E-state index contributed by atoms with van der Waals surface area (Å²) in [6, 6.07) is 9.01. The number of hydrogen-bond donors (Lipinski definition) is 1. The van der Waals surface area contributed by atoms with E-state index in [0.29, 0.717) is 31.7 Å². The minimum Gasteiger partial charge on any atom is -0.340 e. The molecule has 0 amide bonds. The van der Waals surface area contributed by atoms with Crippen molar-refractivity contribution in [2.45, 2.75) is 32.1 Å². The molecular formula is C20H22ClFN6. The van der Waals surface area contributed by atoms with Gasteiger partial charge < -0.3 is 15.2 Å². The molecule has 4 rings (SSSR count). The van der Waals surface area contributed by atoms with Crippen LogP contribution < -0.4 is 10.6 Å². The Kier molecular flexibility index (Phi) is 5.82. The number of imidazole rings is 1. The van der Waals surface area contributed by atoms with E-state index in [4.69, 9.17) is 17.3 Å². The van der Waals surface area contributed by atoms with Crippen LogP contribution in [0.5, 0.6) is 0 Å². The van der Waals surface area contributed by atoms with Crippen molar-refractivity contribution in [2.24, 2.45) is 5.73 Å². The van der Waals surface area contributed by atoms with Gasteiger partial charge in [0.1, 0.15) is 6.17 Å². The van der Waals surface area contributed by atoms with Gasteiger partial charge in [-0.15, -0.1) is 12.4 Å². The molecule has 1 fully saturated rings. The summed E-state index contributed by atoms with van der Waals surface area (Å²) in [5.74, 6) is 0.759. The number of aromatic nitrogens is 3. The summed E-state index contributed by atoms with van der Waals surface area (Å²) in [5, 5.41) is 0. The van der Waals surface area contributed by atoms with E-state index in [1.165, 1.54) is 0 Å². The number of hydrogen-bond acceptors (Lipinski definition) is 4. The minimum atomic E-state index is -0.978. The highest BCUT2D eigenvalue weighted by Gasteiger charge is 2.29. The van der Waals surface area contributed by atoms with E-state index < -0.39 is 12.2 Å². The van der Waals surface area contributed by atoms with Gasteiger partial charge in [-0.25, -0.2) is 14.2 Å². The normalized spacial score (nSPS) is 19.3. The number of anilines is 1. The quantitative estimate of drug-likeness (QED) is 0.682. The lowest BCUT2D eigenvalue weighted by molar-refractivity contribution is 0.243. The van der Waals surface area contributed by atoms with Crippen molar-refractivity contribution >= 4 is 35.1 Å². The number of pyridine rings is 1. The molecule has 0 bridgehead atoms. The first-order valence-electron chi connectivity index (χ1n) is 8.99. The number of aryl methyl sites for hydroxylation is 1. The van der Waals surface area contributed by atoms with Gasteiger partial charge in [0.2, 0.25) is 5.95 Å². The molecule has 2 aromatic heterocycles. The van der Waals surface area contributed by atoms with Crippen molar-refractivity contribution < 1.29 is 4.39 Å². The summed E-state index contributed by atoms with van der Waals surface area (Å²) < 4.78 is 15.9. The zero-order valence-electron chi connectivity index (χ0n) is 15.5. The van der Waals surface area contributed by atoms with E-state index in [1.54, 1.807) is 12.1 Å². The predicted molar refractivity (Wildman–Crippen MR) is 111 cm³/mol. The number of benzene rings is 1. The third-order valence-electron chi connectivity index (χ3n) is 5.01. The van der Waals surface area contributed by atoms with Crippen molar-refractivity contribution in [3.63, 3.8) is 0 Å². The summed E-state index contributed by atoms with van der Waals surface area (Å²) in [6.07, 6.45) is 1.27. The van der Waals surface area contributed by atoms with Crippen LogP contribution >= 0.6 is 12.4 Å². The number of fused-ring (bicyclic) bond motifs is 1. The molecule has 1 aliphatic rings. The first-order chi connectivity index (χ1) is 13.0. The lowest BCUT2D eigenvalue weighted by atomic mass is 10.1. The summed E-state index contributed by atoms with van der Waals surface area (Å²) in [5.41, 5.74) is 10.2. The Morgan fingerprint density at radius 3 is 2.82 bits per heavy atom. The number of halogens is 2. The first kappa shape index (κ1) is 20.1. The van der Waals surface area contributed by atoms with Gasteiger partial charge in [0, 0.05) is 25.0 Å². The highest BCUT2D eigenvalue weighted by Crippen LogP contribution is 2.29. The van der Waals surface area contributed by atoms with E-state index in [1.807, 2.05) is 36.2 Å². The number of piperidine rings is 1. The van der Waals surface area contributed by atoms with Gasteiger partial charge in [0.15, 0.2) is 5.69 Å². The van der Waals surface area contributed by atoms with Crippen molar-refractivity contribution in [2.75, 3.05) is 18.0 Å². The Morgan fingerprint density at radius 2 is 2.14 bits per heavy atom. The largest absolute Gasteiger partial charge is 0.340 e. The highest BCUT2D eigenvalue weighted by atomic mass is 35.5. The second-order valence-electron chi connectivity index (χ2n) is 7.01. The van der Waals surface area contributed by atoms with Crippen LogP contribution in [0.2, 0.25) is 0 Å². The highest BCUT2D eigenvalue weighted by molar-refractivity contribution is 5.85. The third-order valence-corrected chi connectivity index (χ3v) is 5.01. The van der Waals surface area contributed by atoms with Gasteiger partial charge >= 0.3 is 0 Å². The molecule has 1 saturated heterocycles. The Bertz CT molecular complexity index is 1010. The molecule has 3 heterocycles. The molecule has 6 nitrogen and oxygen atoms in total.